The summed E-state index contributed by atoms with van der Waals surface area (Å²) in [5.41, 5.74) is 0.0881. The summed E-state index contributed by atoms with van der Waals surface area (Å²) >= 11 is 0. The minimum absolute atomic E-state index is 0.0881. The maximum absolute atomic E-state index is 10.6. The third-order valence-electron chi connectivity index (χ3n) is 1.05. The van der Waals surface area contributed by atoms with Crippen LogP contribution in [0.4, 0.5) is 0 Å². The van der Waals surface area contributed by atoms with Gasteiger partial charge in [0.05, 0.1) is 19.8 Å². The standard InChI is InChI=1S/C8H16O2.C2H6O2/c1-5-7(9)10-6-8(2,3)4;3-1-2-4/h5-6H2,1-4H3;3-4H,1-2H2. The Balaban J connectivity index is 0. The molecule has 14 heavy (non-hydrogen) atoms. The Morgan fingerprint density at radius 3 is 1.86 bits per heavy atom. The molecule has 0 fully saturated rings. The van der Waals surface area contributed by atoms with Crippen molar-refractivity contribution in [3.05, 3.63) is 0 Å². The molecule has 2 N–H and O–H groups in total. The van der Waals surface area contributed by atoms with Crippen molar-refractivity contribution >= 4 is 5.97 Å². The monoisotopic (exact) mass is 206 g/mol. The lowest BCUT2D eigenvalue weighted by Gasteiger charge is -2.17. The lowest BCUT2D eigenvalue weighted by molar-refractivity contribution is -0.145. The summed E-state index contributed by atoms with van der Waals surface area (Å²) in [5.74, 6) is -0.116. The average molecular weight is 206 g/mol. The topological polar surface area (TPSA) is 66.8 Å². The van der Waals surface area contributed by atoms with Crippen molar-refractivity contribution in [2.45, 2.75) is 34.1 Å². The van der Waals surface area contributed by atoms with Gasteiger partial charge in [0.15, 0.2) is 0 Å². The molecule has 0 bridgehead atoms. The Labute approximate surface area is 85.9 Å². The van der Waals surface area contributed by atoms with Crippen LogP contribution in [-0.4, -0.2) is 36.0 Å². The van der Waals surface area contributed by atoms with Crippen LogP contribution in [0.1, 0.15) is 34.1 Å². The number of rotatable bonds is 3. The number of esters is 1. The minimum atomic E-state index is -0.125. The summed E-state index contributed by atoms with van der Waals surface area (Å²) in [6, 6.07) is 0. The van der Waals surface area contributed by atoms with Gasteiger partial charge < -0.3 is 14.9 Å². The zero-order valence-electron chi connectivity index (χ0n) is 9.54. The molecule has 0 saturated heterocycles. The van der Waals surface area contributed by atoms with Crippen molar-refractivity contribution in [2.24, 2.45) is 5.41 Å². The normalized spacial score (nSPS) is 10.1. The first-order chi connectivity index (χ1) is 6.37. The van der Waals surface area contributed by atoms with E-state index in [1.54, 1.807) is 6.92 Å². The zero-order chi connectivity index (χ0) is 11.6. The molecule has 0 amide bonds. The number of ether oxygens (including phenoxy) is 1. The van der Waals surface area contributed by atoms with Crippen molar-refractivity contribution < 1.29 is 19.7 Å². The smallest absolute Gasteiger partial charge is 0.305 e. The van der Waals surface area contributed by atoms with Gasteiger partial charge in [-0.2, -0.15) is 0 Å². The lowest BCUT2D eigenvalue weighted by Crippen LogP contribution is -2.17. The molecule has 86 valence electrons. The van der Waals surface area contributed by atoms with E-state index in [9.17, 15) is 4.79 Å². The second-order valence-corrected chi connectivity index (χ2v) is 4.02. The van der Waals surface area contributed by atoms with Gasteiger partial charge in [0.1, 0.15) is 0 Å². The Morgan fingerprint density at radius 2 is 1.64 bits per heavy atom. The largest absolute Gasteiger partial charge is 0.465 e. The van der Waals surface area contributed by atoms with Crippen molar-refractivity contribution in [1.82, 2.24) is 0 Å². The Kier molecular flexibility index (Phi) is 10.1. The molecule has 0 aliphatic carbocycles. The van der Waals surface area contributed by atoms with E-state index in [0.29, 0.717) is 13.0 Å². The number of hydrogen-bond donors (Lipinski definition) is 2. The number of carbonyl (C=O) groups is 1. The second kappa shape index (κ2) is 8.97. The fourth-order valence-electron chi connectivity index (χ4n) is 0.399. The van der Waals surface area contributed by atoms with Crippen molar-refractivity contribution in [3.8, 4) is 0 Å². The van der Waals surface area contributed by atoms with Gasteiger partial charge in [-0.3, -0.25) is 4.79 Å². The Bertz CT molecular complexity index is 136. The number of carbonyl (C=O) groups excluding carboxylic acids is 1. The van der Waals surface area contributed by atoms with Gasteiger partial charge in [-0.15, -0.1) is 0 Å². The van der Waals surface area contributed by atoms with Gasteiger partial charge in [0.25, 0.3) is 0 Å². The summed E-state index contributed by atoms with van der Waals surface area (Å²) < 4.78 is 4.92. The summed E-state index contributed by atoms with van der Waals surface area (Å²) in [4.78, 5) is 10.6. The quantitative estimate of drug-likeness (QED) is 0.675. The highest BCUT2D eigenvalue weighted by molar-refractivity contribution is 5.68. The zero-order valence-corrected chi connectivity index (χ0v) is 9.54. The molecule has 0 atom stereocenters. The molecule has 0 radical (unpaired) electrons. The Morgan fingerprint density at radius 1 is 1.21 bits per heavy atom. The molecule has 0 unspecified atom stereocenters. The van der Waals surface area contributed by atoms with Crippen molar-refractivity contribution in [2.75, 3.05) is 19.8 Å². The van der Waals surface area contributed by atoms with Gasteiger partial charge in [0, 0.05) is 6.42 Å². The molecule has 0 saturated carbocycles. The van der Waals surface area contributed by atoms with Crippen LogP contribution in [0.25, 0.3) is 0 Å². The van der Waals surface area contributed by atoms with Crippen LogP contribution in [0.3, 0.4) is 0 Å². The summed E-state index contributed by atoms with van der Waals surface area (Å²) in [5, 5.41) is 15.2. The molecule has 4 nitrogen and oxygen atoms in total. The van der Waals surface area contributed by atoms with E-state index in [4.69, 9.17) is 14.9 Å². The molecule has 0 heterocycles. The van der Waals surface area contributed by atoms with Crippen LogP contribution < -0.4 is 0 Å². The van der Waals surface area contributed by atoms with Gasteiger partial charge in [-0.25, -0.2) is 0 Å². The van der Waals surface area contributed by atoms with Gasteiger partial charge in [-0.05, 0) is 5.41 Å². The van der Waals surface area contributed by atoms with E-state index in [1.807, 2.05) is 20.8 Å². The van der Waals surface area contributed by atoms with Crippen LogP contribution in [0, 0.1) is 5.41 Å². The molecule has 0 aromatic rings. The van der Waals surface area contributed by atoms with Crippen LogP contribution in [0.15, 0.2) is 0 Å². The van der Waals surface area contributed by atoms with E-state index < -0.39 is 0 Å². The summed E-state index contributed by atoms with van der Waals surface area (Å²) in [7, 11) is 0. The molecule has 0 aliphatic rings. The summed E-state index contributed by atoms with van der Waals surface area (Å²) in [6.45, 7) is 8.17. The second-order valence-electron chi connectivity index (χ2n) is 4.02. The Hall–Kier alpha value is -0.610. The summed E-state index contributed by atoms with van der Waals surface area (Å²) in [6.07, 6.45) is 0.468. The highest BCUT2D eigenvalue weighted by Crippen LogP contribution is 2.12. The van der Waals surface area contributed by atoms with E-state index in [0.717, 1.165) is 0 Å². The predicted octanol–water partition coefficient (Wildman–Crippen LogP) is 0.957. The first-order valence-electron chi connectivity index (χ1n) is 4.74. The van der Waals surface area contributed by atoms with Crippen LogP contribution in [-0.2, 0) is 9.53 Å². The number of aliphatic hydroxyl groups excluding tert-OH is 2. The van der Waals surface area contributed by atoms with E-state index >= 15 is 0 Å². The fraction of sp³-hybridized carbons (Fsp3) is 0.900. The van der Waals surface area contributed by atoms with E-state index in [2.05, 4.69) is 0 Å². The molecular formula is C10H22O4. The van der Waals surface area contributed by atoms with E-state index in [1.165, 1.54) is 0 Å². The van der Waals surface area contributed by atoms with Crippen LogP contribution in [0.2, 0.25) is 0 Å². The lowest BCUT2D eigenvalue weighted by atomic mass is 9.99. The highest BCUT2D eigenvalue weighted by Gasteiger charge is 2.12. The first-order valence-corrected chi connectivity index (χ1v) is 4.74. The third-order valence-corrected chi connectivity index (χ3v) is 1.05. The fourth-order valence-corrected chi connectivity index (χ4v) is 0.399. The molecule has 0 aliphatic heterocycles. The SMILES string of the molecule is CCC(=O)OCC(C)(C)C.OCCO. The molecule has 0 aromatic heterocycles. The highest BCUT2D eigenvalue weighted by atomic mass is 16.5. The van der Waals surface area contributed by atoms with Crippen molar-refractivity contribution in [3.63, 3.8) is 0 Å². The maximum Gasteiger partial charge on any atom is 0.305 e. The minimum Gasteiger partial charge on any atom is -0.465 e. The number of aliphatic hydroxyl groups is 2. The van der Waals surface area contributed by atoms with Gasteiger partial charge in [-0.1, -0.05) is 27.7 Å². The number of hydrogen-bond acceptors (Lipinski definition) is 4. The first kappa shape index (κ1) is 15.8. The van der Waals surface area contributed by atoms with Crippen LogP contribution in [0.5, 0.6) is 0 Å². The predicted molar refractivity (Wildman–Crippen MR) is 54.9 cm³/mol. The average Bonchev–Trinajstić information content (AvgIpc) is 2.13. The van der Waals surface area contributed by atoms with Crippen LogP contribution >= 0.6 is 0 Å². The molecule has 4 heteroatoms. The molecule has 0 aromatic carbocycles. The van der Waals surface area contributed by atoms with Gasteiger partial charge >= 0.3 is 5.97 Å². The maximum atomic E-state index is 10.6. The molecular weight excluding hydrogens is 184 g/mol. The van der Waals surface area contributed by atoms with E-state index in [-0.39, 0.29) is 24.6 Å². The van der Waals surface area contributed by atoms with Crippen molar-refractivity contribution in [1.29, 1.82) is 0 Å². The molecule has 0 spiro atoms. The molecule has 0 rings (SSSR count). The van der Waals surface area contributed by atoms with Gasteiger partial charge in [0.2, 0.25) is 0 Å². The third kappa shape index (κ3) is 17.5.